The zero-order valence-electron chi connectivity index (χ0n) is 12.6. The zero-order valence-corrected chi connectivity index (χ0v) is 12.6. The van der Waals surface area contributed by atoms with Crippen LogP contribution in [-0.4, -0.2) is 17.1 Å². The predicted molar refractivity (Wildman–Crippen MR) is 84.7 cm³/mol. The van der Waals surface area contributed by atoms with Gasteiger partial charge in [-0.1, -0.05) is 60.7 Å². The van der Waals surface area contributed by atoms with E-state index < -0.39 is 12.0 Å². The van der Waals surface area contributed by atoms with E-state index >= 15 is 0 Å². The zero-order chi connectivity index (χ0) is 15.8. The maximum absolute atomic E-state index is 12.2. The van der Waals surface area contributed by atoms with Gasteiger partial charge in [0, 0.05) is 0 Å². The fourth-order valence-electron chi connectivity index (χ4n) is 2.19. The van der Waals surface area contributed by atoms with Crippen molar-refractivity contribution in [2.75, 3.05) is 0 Å². The first kappa shape index (κ1) is 16.2. The van der Waals surface area contributed by atoms with Crippen molar-refractivity contribution in [2.24, 2.45) is 5.92 Å². The van der Waals surface area contributed by atoms with Gasteiger partial charge in [-0.05, 0) is 24.5 Å². The molecule has 4 heteroatoms. The standard InChI is InChI=1S/C18H21NO3/c1-14(20)17(12-15-8-4-2-5-9-15)18(21)19-22-13-16-10-6-3-7-11-16/h2-11,14,17,20H,12-13H2,1H3,(H,19,21)/t14-,17+/m1/s1. The first-order chi connectivity index (χ1) is 10.7. The lowest BCUT2D eigenvalue weighted by molar-refractivity contribution is -0.142. The minimum absolute atomic E-state index is 0.296. The average molecular weight is 299 g/mol. The van der Waals surface area contributed by atoms with Crippen LogP contribution < -0.4 is 5.48 Å². The molecule has 0 aromatic heterocycles. The van der Waals surface area contributed by atoms with Gasteiger partial charge < -0.3 is 5.11 Å². The highest BCUT2D eigenvalue weighted by molar-refractivity contribution is 5.78. The molecule has 2 aromatic carbocycles. The van der Waals surface area contributed by atoms with Crippen LogP contribution in [0.15, 0.2) is 60.7 Å². The van der Waals surface area contributed by atoms with Crippen molar-refractivity contribution < 1.29 is 14.7 Å². The highest BCUT2D eigenvalue weighted by Crippen LogP contribution is 2.13. The van der Waals surface area contributed by atoms with Crippen molar-refractivity contribution >= 4 is 5.91 Å². The van der Waals surface area contributed by atoms with Gasteiger partial charge in [-0.3, -0.25) is 9.63 Å². The summed E-state index contributed by atoms with van der Waals surface area (Å²) >= 11 is 0. The number of benzene rings is 2. The van der Waals surface area contributed by atoms with Gasteiger partial charge in [0.05, 0.1) is 18.6 Å². The number of aliphatic hydroxyl groups excluding tert-OH is 1. The van der Waals surface area contributed by atoms with E-state index in [9.17, 15) is 9.90 Å². The van der Waals surface area contributed by atoms with Gasteiger partial charge in [0.25, 0.3) is 0 Å². The largest absolute Gasteiger partial charge is 0.393 e. The van der Waals surface area contributed by atoms with Gasteiger partial charge in [-0.15, -0.1) is 0 Å². The molecular weight excluding hydrogens is 278 g/mol. The van der Waals surface area contributed by atoms with Crippen LogP contribution in [0.1, 0.15) is 18.1 Å². The van der Waals surface area contributed by atoms with Crippen molar-refractivity contribution in [3.63, 3.8) is 0 Å². The summed E-state index contributed by atoms with van der Waals surface area (Å²) in [7, 11) is 0. The summed E-state index contributed by atoms with van der Waals surface area (Å²) in [6.45, 7) is 1.91. The van der Waals surface area contributed by atoms with E-state index in [0.29, 0.717) is 13.0 Å². The van der Waals surface area contributed by atoms with Crippen LogP contribution >= 0.6 is 0 Å². The number of nitrogens with one attached hydrogen (secondary N) is 1. The normalized spacial score (nSPS) is 13.4. The van der Waals surface area contributed by atoms with Gasteiger partial charge >= 0.3 is 0 Å². The summed E-state index contributed by atoms with van der Waals surface area (Å²) in [5.74, 6) is -0.854. The molecular formula is C18H21NO3. The molecule has 0 unspecified atom stereocenters. The van der Waals surface area contributed by atoms with E-state index in [2.05, 4.69) is 5.48 Å². The van der Waals surface area contributed by atoms with Crippen molar-refractivity contribution in [2.45, 2.75) is 26.1 Å². The van der Waals surface area contributed by atoms with E-state index in [1.165, 1.54) is 0 Å². The SMILES string of the molecule is C[C@@H](O)[C@H](Cc1ccccc1)C(=O)NOCc1ccccc1. The molecule has 116 valence electrons. The molecule has 2 atom stereocenters. The van der Waals surface area contributed by atoms with Crippen LogP contribution in [0.5, 0.6) is 0 Å². The topological polar surface area (TPSA) is 58.6 Å². The minimum Gasteiger partial charge on any atom is -0.393 e. The van der Waals surface area contributed by atoms with Crippen LogP contribution in [0.3, 0.4) is 0 Å². The second-order valence-corrected chi connectivity index (χ2v) is 5.28. The summed E-state index contributed by atoms with van der Waals surface area (Å²) in [6, 6.07) is 19.2. The fraction of sp³-hybridized carbons (Fsp3) is 0.278. The van der Waals surface area contributed by atoms with Crippen LogP contribution in [0.2, 0.25) is 0 Å². The monoisotopic (exact) mass is 299 g/mol. The highest BCUT2D eigenvalue weighted by atomic mass is 16.6. The van der Waals surface area contributed by atoms with E-state index in [0.717, 1.165) is 11.1 Å². The molecule has 0 aliphatic carbocycles. The highest BCUT2D eigenvalue weighted by Gasteiger charge is 2.24. The summed E-state index contributed by atoms with van der Waals surface area (Å²) in [6.07, 6.45) is -0.278. The third kappa shape index (κ3) is 4.98. The first-order valence-corrected chi connectivity index (χ1v) is 7.34. The molecule has 0 aliphatic heterocycles. The smallest absolute Gasteiger partial charge is 0.249 e. The molecule has 0 saturated carbocycles. The van der Waals surface area contributed by atoms with Gasteiger partial charge in [-0.2, -0.15) is 0 Å². The molecule has 0 spiro atoms. The lowest BCUT2D eigenvalue weighted by Crippen LogP contribution is -2.37. The third-order valence-electron chi connectivity index (χ3n) is 3.47. The van der Waals surface area contributed by atoms with E-state index in [1.54, 1.807) is 6.92 Å². The Kier molecular flexibility index (Phi) is 6.13. The molecule has 0 heterocycles. The molecule has 2 rings (SSSR count). The maximum Gasteiger partial charge on any atom is 0.249 e. The lowest BCUT2D eigenvalue weighted by Gasteiger charge is -2.19. The number of carbonyl (C=O) groups is 1. The number of hydrogen-bond acceptors (Lipinski definition) is 3. The second kappa shape index (κ2) is 8.32. The van der Waals surface area contributed by atoms with Crippen molar-refractivity contribution in [1.82, 2.24) is 5.48 Å². The molecule has 0 saturated heterocycles. The van der Waals surface area contributed by atoms with Crippen molar-refractivity contribution in [1.29, 1.82) is 0 Å². The molecule has 2 N–H and O–H groups in total. The molecule has 22 heavy (non-hydrogen) atoms. The van der Waals surface area contributed by atoms with Crippen LogP contribution in [0.4, 0.5) is 0 Å². The number of amides is 1. The predicted octanol–water partition coefficient (Wildman–Crippen LogP) is 2.47. The molecule has 0 aliphatic rings. The summed E-state index contributed by atoms with van der Waals surface area (Å²) in [4.78, 5) is 17.4. The number of rotatable bonds is 7. The summed E-state index contributed by atoms with van der Waals surface area (Å²) in [5, 5.41) is 9.84. The second-order valence-electron chi connectivity index (χ2n) is 5.28. The van der Waals surface area contributed by atoms with Crippen LogP contribution in [0, 0.1) is 5.92 Å². The summed E-state index contributed by atoms with van der Waals surface area (Å²) in [5.41, 5.74) is 4.41. The maximum atomic E-state index is 12.2. The van der Waals surface area contributed by atoms with Crippen molar-refractivity contribution in [3.05, 3.63) is 71.8 Å². The number of hydroxylamine groups is 1. The third-order valence-corrected chi connectivity index (χ3v) is 3.47. The number of aliphatic hydroxyl groups is 1. The van der Waals surface area contributed by atoms with Gasteiger partial charge in [0.2, 0.25) is 5.91 Å². The Morgan fingerprint density at radius 1 is 1.05 bits per heavy atom. The summed E-state index contributed by atoms with van der Waals surface area (Å²) < 4.78 is 0. The van der Waals surface area contributed by atoms with E-state index in [1.807, 2.05) is 60.7 Å². The average Bonchev–Trinajstić information content (AvgIpc) is 2.54. The number of carbonyl (C=O) groups excluding carboxylic acids is 1. The van der Waals surface area contributed by atoms with Gasteiger partial charge in [0.1, 0.15) is 0 Å². The lowest BCUT2D eigenvalue weighted by atomic mass is 9.94. The Labute approximate surface area is 130 Å². The Balaban J connectivity index is 1.87. The van der Waals surface area contributed by atoms with E-state index in [4.69, 9.17) is 4.84 Å². The Morgan fingerprint density at radius 3 is 2.14 bits per heavy atom. The molecule has 0 bridgehead atoms. The van der Waals surface area contributed by atoms with E-state index in [-0.39, 0.29) is 5.91 Å². The molecule has 1 amide bonds. The first-order valence-electron chi connectivity index (χ1n) is 7.34. The van der Waals surface area contributed by atoms with Crippen molar-refractivity contribution in [3.8, 4) is 0 Å². The Morgan fingerprint density at radius 2 is 1.59 bits per heavy atom. The fourth-order valence-corrected chi connectivity index (χ4v) is 2.19. The van der Waals surface area contributed by atoms with Crippen LogP contribution in [-0.2, 0) is 22.7 Å². The molecule has 0 fully saturated rings. The molecule has 0 radical (unpaired) electrons. The van der Waals surface area contributed by atoms with Gasteiger partial charge in [0.15, 0.2) is 0 Å². The van der Waals surface area contributed by atoms with Gasteiger partial charge in [-0.25, -0.2) is 5.48 Å². The quantitative estimate of drug-likeness (QED) is 0.772. The minimum atomic E-state index is -0.750. The molecule has 4 nitrogen and oxygen atoms in total. The molecule has 2 aromatic rings. The van der Waals surface area contributed by atoms with Crippen LogP contribution in [0.25, 0.3) is 0 Å². The Bertz CT molecular complexity index is 569. The number of hydrogen-bond donors (Lipinski definition) is 2. The Hall–Kier alpha value is -2.17.